The third-order valence-electron chi connectivity index (χ3n) is 6.64. The Hall–Kier alpha value is -1.98. The van der Waals surface area contributed by atoms with E-state index in [9.17, 15) is 13.6 Å². The Morgan fingerprint density at radius 2 is 2.19 bits per heavy atom. The summed E-state index contributed by atoms with van der Waals surface area (Å²) < 4.78 is 34.4. The number of hydrogen-bond donors (Lipinski definition) is 1. The van der Waals surface area contributed by atoms with Gasteiger partial charge in [0.25, 0.3) is 11.5 Å². The number of fused-ring (bicyclic) bond motifs is 2. The molecule has 1 heterocycles. The first-order valence-corrected chi connectivity index (χ1v) is 9.79. The molecule has 0 saturated heterocycles. The summed E-state index contributed by atoms with van der Waals surface area (Å²) in [6.45, 7) is 2.31. The molecular weight excluding hydrogens is 350 g/mol. The summed E-state index contributed by atoms with van der Waals surface area (Å²) in [7, 11) is 1.50. The summed E-state index contributed by atoms with van der Waals surface area (Å²) in [5.74, 6) is -0.964. The first-order chi connectivity index (χ1) is 12.8. The number of aromatic amines is 1. The molecule has 6 heteroatoms. The van der Waals surface area contributed by atoms with E-state index >= 15 is 0 Å². The van der Waals surface area contributed by atoms with Crippen LogP contribution >= 0.6 is 0 Å². The zero-order valence-corrected chi connectivity index (χ0v) is 15.9. The minimum Gasteiger partial charge on any atom is -0.497 e. The van der Waals surface area contributed by atoms with Gasteiger partial charge in [-0.05, 0) is 61.5 Å². The van der Waals surface area contributed by atoms with E-state index in [1.807, 2.05) is 0 Å². The molecular formula is C21H26F2N2O2. The highest BCUT2D eigenvalue weighted by molar-refractivity contribution is 5.75. The second-order valence-electron chi connectivity index (χ2n) is 8.50. The lowest BCUT2D eigenvalue weighted by Crippen LogP contribution is -2.27. The average Bonchev–Trinajstić information content (AvgIpc) is 3.37. The number of halogens is 2. The number of ether oxygens (including phenoxy) is 1. The Morgan fingerprint density at radius 3 is 2.85 bits per heavy atom. The van der Waals surface area contributed by atoms with Gasteiger partial charge in [-0.3, -0.25) is 4.79 Å². The van der Waals surface area contributed by atoms with Crippen molar-refractivity contribution in [1.29, 1.82) is 0 Å². The predicted octanol–water partition coefficient (Wildman–Crippen LogP) is 5.02. The molecule has 1 N–H and O–H groups in total. The maximum absolute atomic E-state index is 14.7. The summed E-state index contributed by atoms with van der Waals surface area (Å²) in [4.78, 5) is 18.7. The van der Waals surface area contributed by atoms with Crippen LogP contribution in [0.15, 0.2) is 23.0 Å². The Kier molecular flexibility index (Phi) is 4.47. The standard InChI is InChI=1S/C21H26F2N2O2/c1-20(10-7-13-11-15(13)20)8-3-4-9-21(22,23)18-19(26)25-17-12-14(27-2)5-6-16(17)24-18/h5-6,12-13,15H,3-4,7-11H2,1-2H3,(H,25,26). The van der Waals surface area contributed by atoms with E-state index in [1.54, 1.807) is 18.2 Å². The van der Waals surface area contributed by atoms with Gasteiger partial charge in [0.2, 0.25) is 0 Å². The highest BCUT2D eigenvalue weighted by atomic mass is 19.3. The van der Waals surface area contributed by atoms with Crippen molar-refractivity contribution < 1.29 is 13.5 Å². The number of nitrogens with zero attached hydrogens (tertiary/aromatic N) is 1. The SMILES string of the molecule is COc1ccc2nc(C(F)(F)CCCCC3(C)CCC4CC43)c(=O)[nH]c2c1. The van der Waals surface area contributed by atoms with E-state index < -0.39 is 17.2 Å². The lowest BCUT2D eigenvalue weighted by Gasteiger charge is -2.26. The minimum atomic E-state index is -3.22. The fraction of sp³-hybridized carbons (Fsp3) is 0.619. The first kappa shape index (κ1) is 18.4. The highest BCUT2D eigenvalue weighted by Gasteiger charge is 2.54. The van der Waals surface area contributed by atoms with Crippen LogP contribution in [0, 0.1) is 17.3 Å². The fourth-order valence-electron chi connectivity index (χ4n) is 4.87. The molecule has 27 heavy (non-hydrogen) atoms. The second kappa shape index (κ2) is 6.57. The summed E-state index contributed by atoms with van der Waals surface area (Å²) in [6.07, 6.45) is 5.71. The first-order valence-electron chi connectivity index (χ1n) is 9.79. The van der Waals surface area contributed by atoms with Crippen molar-refractivity contribution in [3.8, 4) is 5.75 Å². The van der Waals surface area contributed by atoms with E-state index in [0.29, 0.717) is 28.6 Å². The molecule has 1 aromatic carbocycles. The van der Waals surface area contributed by atoms with Crippen LogP contribution in [0.5, 0.6) is 5.75 Å². The molecule has 1 aromatic heterocycles. The lowest BCUT2D eigenvalue weighted by atomic mass is 9.79. The molecule has 2 aliphatic rings. The summed E-state index contributed by atoms with van der Waals surface area (Å²) in [6, 6.07) is 4.80. The lowest BCUT2D eigenvalue weighted by molar-refractivity contribution is -0.0220. The molecule has 4 nitrogen and oxygen atoms in total. The quantitative estimate of drug-likeness (QED) is 0.690. The molecule has 146 valence electrons. The monoisotopic (exact) mass is 376 g/mol. The molecule has 0 radical (unpaired) electrons. The van der Waals surface area contributed by atoms with Crippen molar-refractivity contribution >= 4 is 11.0 Å². The van der Waals surface area contributed by atoms with Crippen molar-refractivity contribution in [2.24, 2.45) is 17.3 Å². The zero-order valence-electron chi connectivity index (χ0n) is 15.9. The maximum Gasteiger partial charge on any atom is 0.295 e. The van der Waals surface area contributed by atoms with Crippen molar-refractivity contribution in [3.63, 3.8) is 0 Å². The smallest absolute Gasteiger partial charge is 0.295 e. The third kappa shape index (κ3) is 3.46. The summed E-state index contributed by atoms with van der Waals surface area (Å²) in [5, 5.41) is 0. The van der Waals surface area contributed by atoms with Crippen LogP contribution in [0.25, 0.3) is 11.0 Å². The van der Waals surface area contributed by atoms with Crippen LogP contribution in [0.2, 0.25) is 0 Å². The van der Waals surface area contributed by atoms with E-state index in [1.165, 1.54) is 26.4 Å². The molecule has 2 saturated carbocycles. The number of methoxy groups -OCH3 is 1. The number of benzene rings is 1. The van der Waals surface area contributed by atoms with Crippen molar-refractivity contribution in [2.75, 3.05) is 7.11 Å². The molecule has 4 rings (SSSR count). The molecule has 0 bridgehead atoms. The fourth-order valence-corrected chi connectivity index (χ4v) is 4.87. The number of unbranched alkanes of at least 4 members (excludes halogenated alkanes) is 1. The molecule has 0 spiro atoms. The molecule has 3 atom stereocenters. The molecule has 2 aromatic rings. The van der Waals surface area contributed by atoms with Crippen molar-refractivity contribution in [3.05, 3.63) is 34.2 Å². The van der Waals surface area contributed by atoms with Gasteiger partial charge >= 0.3 is 0 Å². The molecule has 2 aliphatic carbocycles. The predicted molar refractivity (Wildman–Crippen MR) is 100 cm³/mol. The van der Waals surface area contributed by atoms with Gasteiger partial charge in [0, 0.05) is 12.5 Å². The third-order valence-corrected chi connectivity index (χ3v) is 6.64. The van der Waals surface area contributed by atoms with Gasteiger partial charge in [-0.1, -0.05) is 13.3 Å². The summed E-state index contributed by atoms with van der Waals surface area (Å²) >= 11 is 0. The van der Waals surface area contributed by atoms with Crippen LogP contribution in [0.3, 0.4) is 0 Å². The second-order valence-corrected chi connectivity index (χ2v) is 8.50. The number of rotatable bonds is 7. The molecule has 0 aliphatic heterocycles. The van der Waals surface area contributed by atoms with E-state index in [0.717, 1.165) is 24.7 Å². The van der Waals surface area contributed by atoms with Crippen molar-refractivity contribution in [1.82, 2.24) is 9.97 Å². The van der Waals surface area contributed by atoms with Gasteiger partial charge in [-0.2, -0.15) is 8.78 Å². The van der Waals surface area contributed by atoms with Crippen LogP contribution in [0.4, 0.5) is 8.78 Å². The van der Waals surface area contributed by atoms with Gasteiger partial charge < -0.3 is 9.72 Å². The highest BCUT2D eigenvalue weighted by Crippen LogP contribution is 2.63. The number of aromatic nitrogens is 2. The van der Waals surface area contributed by atoms with Gasteiger partial charge in [-0.15, -0.1) is 0 Å². The van der Waals surface area contributed by atoms with Gasteiger partial charge in [0.05, 0.1) is 18.1 Å². The normalized spacial score (nSPS) is 27.0. The Labute approximate surface area is 157 Å². The number of alkyl halides is 2. The van der Waals surface area contributed by atoms with Crippen LogP contribution in [-0.4, -0.2) is 17.1 Å². The molecule has 3 unspecified atom stereocenters. The van der Waals surface area contributed by atoms with E-state index in [-0.39, 0.29) is 6.42 Å². The minimum absolute atomic E-state index is 0.336. The van der Waals surface area contributed by atoms with Crippen LogP contribution < -0.4 is 10.3 Å². The van der Waals surface area contributed by atoms with E-state index in [2.05, 4.69) is 16.9 Å². The Bertz CT molecular complexity index is 911. The largest absolute Gasteiger partial charge is 0.497 e. The number of nitrogens with one attached hydrogen (secondary N) is 1. The zero-order chi connectivity index (χ0) is 19.2. The Morgan fingerprint density at radius 1 is 1.37 bits per heavy atom. The topological polar surface area (TPSA) is 55.0 Å². The summed E-state index contributed by atoms with van der Waals surface area (Å²) in [5.41, 5.74) is -0.438. The Balaban J connectivity index is 1.43. The van der Waals surface area contributed by atoms with Crippen LogP contribution in [-0.2, 0) is 5.92 Å². The number of H-pyrrole nitrogens is 1. The van der Waals surface area contributed by atoms with Crippen molar-refractivity contribution in [2.45, 2.75) is 57.8 Å². The van der Waals surface area contributed by atoms with E-state index in [4.69, 9.17) is 4.74 Å². The maximum atomic E-state index is 14.7. The number of hydrogen-bond acceptors (Lipinski definition) is 3. The van der Waals surface area contributed by atoms with Gasteiger partial charge in [-0.25, -0.2) is 4.98 Å². The average molecular weight is 376 g/mol. The molecule has 0 amide bonds. The molecule has 2 fully saturated rings. The van der Waals surface area contributed by atoms with Gasteiger partial charge in [0.1, 0.15) is 5.75 Å². The van der Waals surface area contributed by atoms with Gasteiger partial charge in [0.15, 0.2) is 5.69 Å². The van der Waals surface area contributed by atoms with Crippen LogP contribution in [0.1, 0.15) is 57.6 Å².